The van der Waals surface area contributed by atoms with Gasteiger partial charge in [-0.3, -0.25) is 0 Å². The van der Waals surface area contributed by atoms with Crippen LogP contribution in [0.1, 0.15) is 219 Å². The number of alkyl halides is 30. The normalized spacial score (nSPS) is 16.8. The Hall–Kier alpha value is -3.00. The van der Waals surface area contributed by atoms with Gasteiger partial charge in [0.1, 0.15) is 30.5 Å². The molecule has 1 nitrogen and oxygen atoms in total. The van der Waals surface area contributed by atoms with Crippen molar-refractivity contribution in [3.63, 3.8) is 0 Å². The van der Waals surface area contributed by atoms with Crippen LogP contribution in [0.3, 0.4) is 0 Å². The molecule has 1 aromatic rings. The number of quaternary nitrogens is 1. The van der Waals surface area contributed by atoms with Gasteiger partial charge in [0.2, 0.25) is 6.17 Å². The summed E-state index contributed by atoms with van der Waals surface area (Å²) in [7, 11) is 0. The van der Waals surface area contributed by atoms with Gasteiger partial charge in [0.15, 0.2) is 34.8 Å². The van der Waals surface area contributed by atoms with E-state index in [2.05, 4.69) is 0 Å². The highest BCUT2D eigenvalue weighted by Gasteiger charge is 2.89. The molecule has 7 unspecified atom stereocenters. The molecule has 0 saturated heterocycles. The van der Waals surface area contributed by atoms with Crippen molar-refractivity contribution in [1.29, 1.82) is 0 Å². The van der Waals surface area contributed by atoms with Gasteiger partial charge < -0.3 is 0 Å². The van der Waals surface area contributed by atoms with E-state index in [1.807, 2.05) is 6.92 Å². The Labute approximate surface area is 509 Å². The number of nitrogens with one attached hydrogen (secondary N) is 1. The fourth-order valence-corrected chi connectivity index (χ4v) is 10.9. The van der Waals surface area contributed by atoms with Crippen molar-refractivity contribution < 1.29 is 145 Å². The van der Waals surface area contributed by atoms with Crippen molar-refractivity contribution >= 4 is 11.8 Å². The average Bonchev–Trinajstić information content (AvgIpc) is 0.674. The van der Waals surface area contributed by atoms with Gasteiger partial charge in [0.25, 0.3) is 0 Å². The van der Waals surface area contributed by atoms with E-state index in [-0.39, 0.29) is 38.1 Å². The zero-order valence-corrected chi connectivity index (χ0v) is 50.2. The molecule has 542 valence electrons. The molecule has 1 rings (SSSR count). The minimum absolute atomic E-state index is 0.00168. The zero-order chi connectivity index (χ0) is 70.7. The van der Waals surface area contributed by atoms with Gasteiger partial charge in [-0.1, -0.05) is 117 Å². The highest BCUT2D eigenvalue weighted by Crippen LogP contribution is 2.62. The maximum atomic E-state index is 16.5. The van der Waals surface area contributed by atoms with Crippen molar-refractivity contribution in [3.8, 4) is 0 Å². The lowest BCUT2D eigenvalue weighted by Gasteiger charge is -2.60. The van der Waals surface area contributed by atoms with Crippen LogP contribution in [0.2, 0.25) is 0 Å². The summed E-state index contributed by atoms with van der Waals surface area (Å²) in [6.07, 6.45) is -78.5. The smallest absolute Gasteiger partial charge is 0.248 e. The summed E-state index contributed by atoms with van der Waals surface area (Å²) in [5.74, 6) is -30.3. The lowest BCUT2D eigenvalue weighted by atomic mass is 9.09. The van der Waals surface area contributed by atoms with E-state index >= 15 is 52.7 Å². The van der Waals surface area contributed by atoms with Crippen LogP contribution >= 0.6 is 0 Å². The quantitative estimate of drug-likeness (QED) is 0.0287. The molecule has 7 atom stereocenters. The summed E-state index contributed by atoms with van der Waals surface area (Å²) in [5, 5.41) is 0. The first-order valence-electron chi connectivity index (χ1n) is 30.3. The Morgan fingerprint density at radius 1 is 0.341 bits per heavy atom. The minimum Gasteiger partial charge on any atom is -0.248 e. The topological polar surface area (TPSA) is 4.44 Å². The Morgan fingerprint density at radius 2 is 0.582 bits per heavy atom. The molecule has 0 bridgehead atoms. The van der Waals surface area contributed by atoms with Crippen molar-refractivity contribution in [2.75, 3.05) is 6.54 Å². The second kappa shape index (κ2) is 38.7. The first-order valence-corrected chi connectivity index (χ1v) is 30.3. The van der Waals surface area contributed by atoms with E-state index in [1.165, 1.54) is 0 Å². The molecule has 0 saturated carbocycles. The molecular weight excluding hydrogens is 1320 g/mol. The first-order chi connectivity index (χ1) is 41.4. The van der Waals surface area contributed by atoms with Gasteiger partial charge in [0, 0.05) is 50.2 Å². The number of hydrogen-bond acceptors (Lipinski definition) is 0. The Balaban J connectivity index is 0.00000224. The van der Waals surface area contributed by atoms with Crippen molar-refractivity contribution in [2.45, 2.75) is 310 Å². The maximum absolute atomic E-state index is 16.5. The Kier molecular flexibility index (Phi) is 37.4. The van der Waals surface area contributed by atoms with Crippen molar-refractivity contribution in [2.24, 2.45) is 5.92 Å². The minimum atomic E-state index is -8.43. The van der Waals surface area contributed by atoms with Gasteiger partial charge in [-0.15, -0.1) is 8.78 Å². The Morgan fingerprint density at radius 3 is 0.813 bits per heavy atom. The van der Waals surface area contributed by atoms with Gasteiger partial charge in [-0.2, -0.15) is 65.9 Å². The third-order valence-electron chi connectivity index (χ3n) is 15.7. The number of unbranched alkanes of at least 4 members (excludes halogenated alkanes) is 15. The molecule has 1 N–H and O–H groups in total. The summed E-state index contributed by atoms with van der Waals surface area (Å²) in [6, 6.07) is -1.72. The number of rotatable bonds is 45. The van der Waals surface area contributed by atoms with Crippen LogP contribution in [-0.4, -0.2) is 104 Å². The second-order valence-electron chi connectivity index (χ2n) is 23.6. The molecule has 0 aliphatic heterocycles. The molecule has 34 heteroatoms. The lowest BCUT2D eigenvalue weighted by molar-refractivity contribution is -0.940. The van der Waals surface area contributed by atoms with E-state index in [0.29, 0.717) is 18.9 Å². The molecule has 0 spiro atoms. The molecule has 0 aromatic heterocycles. The highest BCUT2D eigenvalue weighted by molar-refractivity contribution is 6.89. The highest BCUT2D eigenvalue weighted by atomic mass is 19.4. The first kappa shape index (κ1) is 88.0. The van der Waals surface area contributed by atoms with Crippen molar-refractivity contribution in [3.05, 3.63) is 29.8 Å². The van der Waals surface area contributed by atoms with Gasteiger partial charge >= 0.3 is 43.1 Å². The monoisotopic (exact) mass is 1400 g/mol. The predicted octanol–water partition coefficient (Wildman–Crippen LogP) is 23.8. The number of hydrogen-bond donors (Lipinski definition) is 1. The molecule has 91 heavy (non-hydrogen) atoms. The van der Waals surface area contributed by atoms with Crippen LogP contribution in [-0.2, 0) is 0 Å². The summed E-state index contributed by atoms with van der Waals surface area (Å²) in [6.45, 7) is 3.33. The van der Waals surface area contributed by atoms with Gasteiger partial charge in [-0.05, 0) is 76.7 Å². The van der Waals surface area contributed by atoms with E-state index in [4.69, 9.17) is 0 Å². The average molecular weight is 1400 g/mol. The molecule has 1 aromatic carbocycles. The number of halogens is 32. The summed E-state index contributed by atoms with van der Waals surface area (Å²) < 4.78 is 452. The molecule has 0 aliphatic carbocycles. The molecule has 0 fully saturated rings. The van der Waals surface area contributed by atoms with E-state index in [9.17, 15) is 87.8 Å². The van der Waals surface area contributed by atoms with Crippen LogP contribution in [0.4, 0.5) is 146 Å². The third-order valence-corrected chi connectivity index (χ3v) is 15.7. The largest absolute Gasteiger partial charge is 0.425 e. The molecule has 0 heterocycles. The van der Waals surface area contributed by atoms with E-state index in [0.717, 1.165) is 12.1 Å². The molecule has 0 aliphatic rings. The standard InChI is InChI=1S/C36H52BF24.C21H29F8N/c38-25(17-9-1-5-13-21-29(42,43)44)33(54,55)37(34(56,57)26(39)18-10-2-6-14-22-30(45,46)47,35(58,59)27(40)19-11-3-7-15-23-31(48,49)50)36(60,61)28(41)20-12-4-8-16-24-32(51,52)53;1-3-8-15(2)14-30(18-11-10-16(22)13-17(18)23)21(28,29)19(24)9-6-4-5-7-12-20(25,26)27/h25-28H,1-24H2;10-11,13,15,19H,3-9,12,14H2,1-2H3/q-1;/p+1. The fraction of sp³-hybridized carbons (Fsp3) is 0.895. The van der Waals surface area contributed by atoms with Gasteiger partial charge in [-0.25, -0.2) is 70.8 Å². The van der Waals surface area contributed by atoms with E-state index in [1.54, 1.807) is 6.92 Å². The van der Waals surface area contributed by atoms with Crippen LogP contribution in [0.15, 0.2) is 18.2 Å². The summed E-state index contributed by atoms with van der Waals surface area (Å²) in [5.41, 5.74) is -0.503. The van der Waals surface area contributed by atoms with Crippen molar-refractivity contribution in [1.82, 2.24) is 0 Å². The van der Waals surface area contributed by atoms with Crippen LogP contribution < -0.4 is 4.90 Å². The van der Waals surface area contributed by atoms with Crippen LogP contribution in [0.5, 0.6) is 0 Å². The SMILES string of the molecule is CCCC(C)C[NH+](c1ccc(F)cc1F)C(F)(F)C(F)CCCCCCC(F)(F)F.FC(CCCCCCC(F)(F)F)C(F)(F)[B-](C(F)(F)C(F)CCCCCCC(F)(F)F)(C(F)(F)C(F)CCCCCCC(F)(F)F)C(F)(F)C(F)CCCCCCC(F)(F)F. The number of benzene rings is 1. The Bertz CT molecular complexity index is 1910. The van der Waals surface area contributed by atoms with Crippen LogP contribution in [0.25, 0.3) is 0 Å². The predicted molar refractivity (Wildman–Crippen MR) is 280 cm³/mol. The lowest BCUT2D eigenvalue weighted by Crippen LogP contribution is -3.16. The summed E-state index contributed by atoms with van der Waals surface area (Å²) in [4.78, 5) is -0.703. The fourth-order valence-electron chi connectivity index (χ4n) is 10.9. The molecule has 0 amide bonds. The maximum Gasteiger partial charge on any atom is 0.425 e. The zero-order valence-electron chi connectivity index (χ0n) is 50.2. The second-order valence-corrected chi connectivity index (χ2v) is 23.6. The molecule has 0 radical (unpaired) electrons. The van der Waals surface area contributed by atoms with E-state index < -0.39 is 286 Å². The van der Waals surface area contributed by atoms with Crippen LogP contribution in [0, 0.1) is 17.6 Å². The molecular formula is C57H82BF32N. The van der Waals surface area contributed by atoms with Gasteiger partial charge in [0.05, 0.1) is 6.54 Å². The summed E-state index contributed by atoms with van der Waals surface area (Å²) >= 11 is 0. The third kappa shape index (κ3) is 30.7.